The maximum absolute atomic E-state index is 13.4. The molecule has 456 valence electrons. The van der Waals surface area contributed by atoms with Gasteiger partial charge in [0.1, 0.15) is 36.1 Å². The van der Waals surface area contributed by atoms with Crippen molar-refractivity contribution in [3.05, 3.63) is 72.9 Å². The first-order valence-corrected chi connectivity index (χ1v) is 27.5. The van der Waals surface area contributed by atoms with Gasteiger partial charge in [0.25, 0.3) is 0 Å². The number of nitrogens with one attached hydrogen (secondary N) is 1. The molecule has 80 heavy (non-hydrogen) atoms. The van der Waals surface area contributed by atoms with Gasteiger partial charge in [-0.05, 0) is 59.3 Å². The molecule has 17 N–H and O–H groups in total. The summed E-state index contributed by atoms with van der Waals surface area (Å²) in [7, 11) is 0. The number of nitrogens with two attached hydrogens (primary N) is 2. The topological polar surface area (TPSA) is 413 Å². The van der Waals surface area contributed by atoms with E-state index in [2.05, 4.69) is 5.32 Å². The third-order valence-corrected chi connectivity index (χ3v) is 15.2. The summed E-state index contributed by atoms with van der Waals surface area (Å²) in [4.78, 5) is 38.5. The number of aliphatic hydroxyl groups is 12. The second-order valence-electron chi connectivity index (χ2n) is 22.3. The van der Waals surface area contributed by atoms with E-state index >= 15 is 0 Å². The van der Waals surface area contributed by atoms with Crippen molar-refractivity contribution in [1.82, 2.24) is 5.32 Å². The highest BCUT2D eigenvalue weighted by molar-refractivity contribution is 5.78. The zero-order chi connectivity index (χ0) is 59.6. The third kappa shape index (κ3) is 20.8. The van der Waals surface area contributed by atoms with Crippen LogP contribution in [-0.4, -0.2) is 213 Å². The van der Waals surface area contributed by atoms with E-state index in [1.165, 1.54) is 13.8 Å². The van der Waals surface area contributed by atoms with Crippen molar-refractivity contribution >= 4 is 17.8 Å². The molecule has 0 radical (unpaired) electrons. The van der Waals surface area contributed by atoms with E-state index in [1.54, 1.807) is 63.3 Å². The summed E-state index contributed by atoms with van der Waals surface area (Å²) >= 11 is 0. The molecule has 0 saturated carbocycles. The number of cyclic esters (lactones) is 1. The number of allylic oxidation sites excluding steroid dienone is 10. The first kappa shape index (κ1) is 68.6. The molecule has 3 fully saturated rings. The molecule has 1 unspecified atom stereocenters. The largest absolute Gasteiger partial charge is 0.459 e. The van der Waals surface area contributed by atoms with Crippen molar-refractivity contribution in [3.8, 4) is 0 Å². The summed E-state index contributed by atoms with van der Waals surface area (Å²) in [6, 6.07) is -2.42. The molecule has 2 bridgehead atoms. The van der Waals surface area contributed by atoms with Gasteiger partial charge < -0.3 is 106 Å². The van der Waals surface area contributed by atoms with Crippen LogP contribution < -0.4 is 16.8 Å². The van der Waals surface area contributed by atoms with Crippen molar-refractivity contribution in [1.29, 1.82) is 0 Å². The predicted molar refractivity (Wildman–Crippen MR) is 287 cm³/mol. The molecule has 0 aromatic carbocycles. The van der Waals surface area contributed by atoms with Gasteiger partial charge in [0.15, 0.2) is 18.4 Å². The van der Waals surface area contributed by atoms with Gasteiger partial charge in [0.2, 0.25) is 11.8 Å². The summed E-state index contributed by atoms with van der Waals surface area (Å²) in [6.45, 7) is 8.90. The van der Waals surface area contributed by atoms with Crippen LogP contribution in [0.3, 0.4) is 0 Å². The molecule has 4 rings (SSSR count). The number of amides is 2. The standard InChI is InChI=1S/C56H91N3O21/c1-30-19-17-15-13-11-9-7-8-10-12-14-16-18-20-37(76-54-49(71)45(57)47(69)32(3)75-54)26-41-44(52(58)73)40(67)28-56(74,79-41)27-39(66)38(65)22-21-34(62)23-35(63)24-36(64)25-43(68)80-55(5,6)31(2)51(30)78-53-46(59-33(4)61)50(72)48(70)42(29-60)77-53/h7-8,10,12-20,30-32,34-42,44-51,53-54,60,62-67,69-72,74H,9,11,21-29,57H2,1-6H3,(H2,58,73)(H,59,61)/b8-7+,12-10+,15-13+,16-14+,19-17+,20-18+/t30-,31+,32+,34+,35+,36+,37-,38+,39+,40-,41-,42+,44+,45-,46+,47+,48+,49-,50+,51+,53?,54-,56+/m0/s1. The van der Waals surface area contributed by atoms with Crippen LogP contribution in [0.2, 0.25) is 0 Å². The Hall–Kier alpha value is -3.87. The number of aliphatic hydroxyl groups excluding tert-OH is 11. The fraction of sp³-hybridized carbons (Fsp3) is 0.732. The number of hydrogen-bond donors (Lipinski definition) is 15. The lowest BCUT2D eigenvalue weighted by atomic mass is 9.81. The van der Waals surface area contributed by atoms with Crippen molar-refractivity contribution < 1.29 is 104 Å². The molecular weight excluding hydrogens is 1050 g/mol. The Balaban J connectivity index is 1.61. The van der Waals surface area contributed by atoms with E-state index in [1.807, 2.05) is 37.3 Å². The number of carbonyl (C=O) groups excluding carboxylic acids is 3. The van der Waals surface area contributed by atoms with Crippen LogP contribution in [0.25, 0.3) is 0 Å². The number of hydrogen-bond acceptors (Lipinski definition) is 22. The van der Waals surface area contributed by atoms with Gasteiger partial charge in [-0.1, -0.05) is 86.8 Å². The van der Waals surface area contributed by atoms with E-state index in [4.69, 9.17) is 39.9 Å². The van der Waals surface area contributed by atoms with Crippen LogP contribution in [0.5, 0.6) is 0 Å². The highest BCUT2D eigenvalue weighted by atomic mass is 16.7. The Morgan fingerprint density at radius 2 is 1.31 bits per heavy atom. The lowest BCUT2D eigenvalue weighted by Gasteiger charge is -2.46. The molecule has 4 heterocycles. The highest BCUT2D eigenvalue weighted by Crippen LogP contribution is 2.39. The molecule has 2 amide bonds. The molecule has 0 aliphatic carbocycles. The van der Waals surface area contributed by atoms with E-state index in [9.17, 15) is 75.7 Å². The van der Waals surface area contributed by atoms with Crippen LogP contribution in [0.4, 0.5) is 0 Å². The molecule has 24 nitrogen and oxygen atoms in total. The number of esters is 1. The lowest BCUT2D eigenvalue weighted by molar-refractivity contribution is -0.308. The van der Waals surface area contributed by atoms with Crippen LogP contribution in [0.15, 0.2) is 72.9 Å². The molecule has 0 aromatic heterocycles. The van der Waals surface area contributed by atoms with Gasteiger partial charge >= 0.3 is 5.97 Å². The Morgan fingerprint density at radius 1 is 0.713 bits per heavy atom. The van der Waals surface area contributed by atoms with Crippen LogP contribution in [0, 0.1) is 17.8 Å². The van der Waals surface area contributed by atoms with Gasteiger partial charge in [-0.2, -0.15) is 0 Å². The van der Waals surface area contributed by atoms with Gasteiger partial charge in [0.05, 0.1) is 92.1 Å². The van der Waals surface area contributed by atoms with Crippen molar-refractivity contribution in [2.45, 2.75) is 233 Å². The van der Waals surface area contributed by atoms with Crippen molar-refractivity contribution in [2.24, 2.45) is 29.2 Å². The molecule has 0 aromatic rings. The van der Waals surface area contributed by atoms with Crippen molar-refractivity contribution in [3.63, 3.8) is 0 Å². The van der Waals surface area contributed by atoms with Crippen molar-refractivity contribution in [2.75, 3.05) is 6.61 Å². The fourth-order valence-corrected chi connectivity index (χ4v) is 10.3. The first-order valence-electron chi connectivity index (χ1n) is 27.5. The van der Waals surface area contributed by atoms with Gasteiger partial charge in [-0.15, -0.1) is 0 Å². The molecule has 23 atom stereocenters. The van der Waals surface area contributed by atoms with E-state index in [0.717, 1.165) is 0 Å². The van der Waals surface area contributed by atoms with Crippen LogP contribution in [0.1, 0.15) is 106 Å². The van der Waals surface area contributed by atoms with Gasteiger partial charge in [-0.25, -0.2) is 0 Å². The zero-order valence-electron chi connectivity index (χ0n) is 46.6. The minimum Gasteiger partial charge on any atom is -0.459 e. The highest BCUT2D eigenvalue weighted by Gasteiger charge is 2.52. The van der Waals surface area contributed by atoms with Gasteiger partial charge in [0, 0.05) is 38.0 Å². The van der Waals surface area contributed by atoms with Gasteiger partial charge in [-0.3, -0.25) is 14.4 Å². The SMILES string of the molecule is CC(=O)N[C@H]1C(O[C@H]2[C@@H](C)C(C)(C)OC(=O)C[C@H](O)C[C@H](O)C[C@H](O)CC[C@@H](O)[C@H](O)C[C@]3(O)C[C@H](O)[C@@H](C(N)=O)[C@H](C[C@@H](O[C@@H]4O[C@H](C)[C@@H](O)[C@H](N)[C@@H]4O)/C=C/C=C/C=C/C=C/CC/C=C/C=C/[C@@H]2C)O3)O[C@H](CO)[C@@H](O)[C@@H]1O. The maximum atomic E-state index is 13.4. The lowest BCUT2D eigenvalue weighted by Crippen LogP contribution is -2.65. The summed E-state index contributed by atoms with van der Waals surface area (Å²) in [6.07, 6.45) is -3.74. The summed E-state index contributed by atoms with van der Waals surface area (Å²) in [5.41, 5.74) is 10.5. The monoisotopic (exact) mass is 1140 g/mol. The maximum Gasteiger partial charge on any atom is 0.308 e. The quantitative estimate of drug-likeness (QED) is 0.132. The number of primary amides is 1. The Morgan fingerprint density at radius 3 is 1.95 bits per heavy atom. The summed E-state index contributed by atoms with van der Waals surface area (Å²) in [5, 5.41) is 133. The normalized spacial score (nSPS) is 44.5. The van der Waals surface area contributed by atoms with E-state index < -0.39 is 189 Å². The van der Waals surface area contributed by atoms with E-state index in [0.29, 0.717) is 12.8 Å². The Labute approximate surface area is 468 Å². The summed E-state index contributed by atoms with van der Waals surface area (Å²) in [5.74, 6) is -7.26. The number of carbonyl (C=O) groups is 3. The minimum atomic E-state index is -2.34. The van der Waals surface area contributed by atoms with Crippen LogP contribution >= 0.6 is 0 Å². The zero-order valence-corrected chi connectivity index (χ0v) is 46.6. The first-order chi connectivity index (χ1) is 37.6. The third-order valence-electron chi connectivity index (χ3n) is 15.2. The molecule has 24 heteroatoms. The Kier molecular flexibility index (Phi) is 27.7. The number of rotatable bonds is 7. The fourth-order valence-electron chi connectivity index (χ4n) is 10.3. The minimum absolute atomic E-state index is 0.181. The summed E-state index contributed by atoms with van der Waals surface area (Å²) < 4.78 is 36.3. The molecular formula is C56H91N3O21. The molecule has 4 aliphatic rings. The second kappa shape index (κ2) is 32.3. The molecule has 4 aliphatic heterocycles. The average Bonchev–Trinajstić information content (AvgIpc) is 3.36. The number of fused-ring (bicyclic) bond motifs is 2. The molecule has 0 spiro atoms. The molecule has 3 saturated heterocycles. The average molecular weight is 1140 g/mol. The Bertz CT molecular complexity index is 2110. The number of ether oxygens (including phenoxy) is 6. The van der Waals surface area contributed by atoms with Crippen LogP contribution in [-0.2, 0) is 42.8 Å². The predicted octanol–water partition coefficient (Wildman–Crippen LogP) is -1.31. The second-order valence-corrected chi connectivity index (χ2v) is 22.3. The van der Waals surface area contributed by atoms with E-state index in [-0.39, 0.29) is 32.1 Å². The smallest absolute Gasteiger partial charge is 0.308 e.